The first kappa shape index (κ1) is 14.9. The molecule has 0 spiro atoms. The Morgan fingerprint density at radius 3 is 1.19 bits per heavy atom. The molecule has 0 radical (unpaired) electrons. The van der Waals surface area contributed by atoms with E-state index in [1.165, 1.54) is 0 Å². The lowest BCUT2D eigenvalue weighted by Gasteiger charge is -2.25. The van der Waals surface area contributed by atoms with Crippen molar-refractivity contribution in [3.63, 3.8) is 0 Å². The van der Waals surface area contributed by atoms with Crippen LogP contribution in [0.25, 0.3) is 0 Å². The standard InChI is InChI=1S/C5BF10/c7-3(4(8,9)10,5(11,12)13)1-2-6(14,15)16/q-1. The van der Waals surface area contributed by atoms with E-state index in [1.807, 2.05) is 0 Å². The molecule has 0 heterocycles. The van der Waals surface area contributed by atoms with Crippen LogP contribution in [0.1, 0.15) is 0 Å². The van der Waals surface area contributed by atoms with Crippen LogP contribution in [-0.2, 0) is 0 Å². The Hall–Kier alpha value is -1.08. The third kappa shape index (κ3) is 3.21. The third-order valence-electron chi connectivity index (χ3n) is 1.19. The van der Waals surface area contributed by atoms with Crippen molar-refractivity contribution in [1.82, 2.24) is 0 Å². The summed E-state index contributed by atoms with van der Waals surface area (Å²) in [6.45, 7) is -6.27. The molecule has 0 aromatic rings. The van der Waals surface area contributed by atoms with Gasteiger partial charge in [-0.25, -0.2) is 4.39 Å². The summed E-state index contributed by atoms with van der Waals surface area (Å²) >= 11 is 0. The minimum atomic E-state index is -6.60. The summed E-state index contributed by atoms with van der Waals surface area (Å²) < 4.78 is 116. The molecule has 0 bridgehead atoms. The molecule has 0 saturated heterocycles. The monoisotopic (exact) mass is 261 g/mol. The summed E-state index contributed by atoms with van der Waals surface area (Å²) in [6, 6.07) is 0. The van der Waals surface area contributed by atoms with Gasteiger partial charge in [-0.2, -0.15) is 32.2 Å². The van der Waals surface area contributed by atoms with Crippen LogP contribution in [0, 0.1) is 11.7 Å². The average molecular weight is 261 g/mol. The maximum atomic E-state index is 12.4. The fourth-order valence-corrected chi connectivity index (χ4v) is 0.484. The zero-order chi connectivity index (χ0) is 13.4. The zero-order valence-corrected chi connectivity index (χ0v) is 6.86. The van der Waals surface area contributed by atoms with Gasteiger partial charge in [0.25, 0.3) is 0 Å². The quantitative estimate of drug-likeness (QED) is 0.357. The molecule has 0 aromatic carbocycles. The van der Waals surface area contributed by atoms with Gasteiger partial charge in [-0.3, -0.25) is 0 Å². The topological polar surface area (TPSA) is 0 Å². The van der Waals surface area contributed by atoms with Crippen LogP contribution < -0.4 is 0 Å². The molecule has 16 heavy (non-hydrogen) atoms. The van der Waals surface area contributed by atoms with Crippen LogP contribution in [0.15, 0.2) is 0 Å². The minimum Gasteiger partial charge on any atom is -0.438 e. The largest absolute Gasteiger partial charge is 0.557 e. The lowest BCUT2D eigenvalue weighted by Crippen LogP contribution is -2.52. The van der Waals surface area contributed by atoms with Crippen LogP contribution in [0.2, 0.25) is 0 Å². The van der Waals surface area contributed by atoms with Gasteiger partial charge in [-0.15, -0.1) is 0 Å². The van der Waals surface area contributed by atoms with Crippen LogP contribution in [0.3, 0.4) is 0 Å². The van der Waals surface area contributed by atoms with Gasteiger partial charge in [0.15, 0.2) is 0 Å². The first-order valence-electron chi connectivity index (χ1n) is 3.27. The summed E-state index contributed by atoms with van der Waals surface area (Å²) in [4.78, 5) is 0. The van der Waals surface area contributed by atoms with Crippen LogP contribution >= 0.6 is 0 Å². The van der Waals surface area contributed by atoms with E-state index >= 15 is 0 Å². The normalized spacial score (nSPS) is 14.4. The Bertz CT molecular complexity index is 293. The molecular weight excluding hydrogens is 261 g/mol. The molecule has 94 valence electrons. The van der Waals surface area contributed by atoms with E-state index in [-0.39, 0.29) is 5.82 Å². The van der Waals surface area contributed by atoms with E-state index in [0.717, 1.165) is 0 Å². The minimum absolute atomic E-state index is 0.327. The molecule has 0 amide bonds. The summed E-state index contributed by atoms with van der Waals surface area (Å²) in [5.74, 6) is -0.775. The molecule has 0 aliphatic carbocycles. The van der Waals surface area contributed by atoms with Crippen molar-refractivity contribution in [2.75, 3.05) is 0 Å². The smallest absolute Gasteiger partial charge is 0.438 e. The van der Waals surface area contributed by atoms with E-state index in [1.54, 1.807) is 0 Å². The van der Waals surface area contributed by atoms with Gasteiger partial charge < -0.3 is 12.9 Å². The van der Waals surface area contributed by atoms with Crippen molar-refractivity contribution in [1.29, 1.82) is 0 Å². The van der Waals surface area contributed by atoms with Crippen molar-refractivity contribution in [2.45, 2.75) is 18.0 Å². The van der Waals surface area contributed by atoms with Gasteiger partial charge in [-0.05, 0) is 0 Å². The fraction of sp³-hybridized carbons (Fsp3) is 0.600. The summed E-state index contributed by atoms with van der Waals surface area (Å²) in [5.41, 5.74) is -6.18. The predicted molar refractivity (Wildman–Crippen MR) is 32.8 cm³/mol. The molecule has 0 aliphatic heterocycles. The van der Waals surface area contributed by atoms with Gasteiger partial charge in [-0.1, -0.05) is 5.92 Å². The molecule has 0 aliphatic rings. The molecule has 0 rings (SSSR count). The van der Waals surface area contributed by atoms with E-state index < -0.39 is 30.9 Å². The molecule has 0 N–H and O–H groups in total. The Morgan fingerprint density at radius 2 is 1.00 bits per heavy atom. The van der Waals surface area contributed by atoms with Gasteiger partial charge in [0.2, 0.25) is 0 Å². The Kier molecular flexibility index (Phi) is 3.49. The second kappa shape index (κ2) is 3.74. The molecular formula is C5BF10-. The molecule has 0 nitrogen and oxygen atoms in total. The van der Waals surface area contributed by atoms with Crippen LogP contribution in [0.4, 0.5) is 43.7 Å². The van der Waals surface area contributed by atoms with Crippen molar-refractivity contribution in [2.24, 2.45) is 0 Å². The molecule has 0 aromatic heterocycles. The van der Waals surface area contributed by atoms with Crippen LogP contribution in [-0.4, -0.2) is 25.0 Å². The molecule has 0 atom stereocenters. The van der Waals surface area contributed by atoms with Gasteiger partial charge in [0.1, 0.15) is 0 Å². The number of hydrogen-bond acceptors (Lipinski definition) is 0. The Labute approximate surface area is 81.7 Å². The van der Waals surface area contributed by atoms with Gasteiger partial charge in [0.05, 0.1) is 0 Å². The highest BCUT2D eigenvalue weighted by atomic mass is 19.4. The van der Waals surface area contributed by atoms with Crippen molar-refractivity contribution < 1.29 is 43.7 Å². The third-order valence-corrected chi connectivity index (χ3v) is 1.19. The molecule has 0 unspecified atom stereocenters. The first-order valence-corrected chi connectivity index (χ1v) is 3.27. The maximum absolute atomic E-state index is 12.4. The number of hydrogen-bond donors (Lipinski definition) is 0. The highest BCUT2D eigenvalue weighted by Gasteiger charge is 2.72. The maximum Gasteiger partial charge on any atom is 0.557 e. The van der Waals surface area contributed by atoms with Gasteiger partial charge in [0, 0.05) is 0 Å². The van der Waals surface area contributed by atoms with E-state index in [9.17, 15) is 43.7 Å². The molecule has 0 saturated carbocycles. The number of rotatable bonds is 0. The summed E-state index contributed by atoms with van der Waals surface area (Å²) in [5, 5.41) is 0. The highest BCUT2D eigenvalue weighted by molar-refractivity contribution is 6.67. The van der Waals surface area contributed by atoms with Crippen molar-refractivity contribution in [3.8, 4) is 11.7 Å². The lowest BCUT2D eigenvalue weighted by atomic mass is 9.91. The lowest BCUT2D eigenvalue weighted by molar-refractivity contribution is -0.318. The zero-order valence-electron chi connectivity index (χ0n) is 6.86. The summed E-state index contributed by atoms with van der Waals surface area (Å²) in [7, 11) is 0. The van der Waals surface area contributed by atoms with E-state index in [4.69, 9.17) is 0 Å². The Morgan fingerprint density at radius 1 is 0.688 bits per heavy atom. The number of alkyl halides is 7. The summed E-state index contributed by atoms with van der Waals surface area (Å²) in [6.07, 6.45) is -13.2. The van der Waals surface area contributed by atoms with Gasteiger partial charge >= 0.3 is 25.0 Å². The molecule has 11 heteroatoms. The average Bonchev–Trinajstić information content (AvgIpc) is 1.93. The SMILES string of the molecule is F[B-](F)(F)C#CC(F)(C(F)(F)F)C(F)(F)F. The van der Waals surface area contributed by atoms with Crippen molar-refractivity contribution in [3.05, 3.63) is 0 Å². The predicted octanol–water partition coefficient (Wildman–Crippen LogP) is 3.21. The van der Waals surface area contributed by atoms with E-state index in [0.29, 0.717) is 0 Å². The Balaban J connectivity index is 5.54. The first-order chi connectivity index (χ1) is 6.71. The fourth-order valence-electron chi connectivity index (χ4n) is 0.484. The molecule has 0 fully saturated rings. The van der Waals surface area contributed by atoms with Crippen LogP contribution in [0.5, 0.6) is 0 Å². The second-order valence-corrected chi connectivity index (χ2v) is 2.50. The van der Waals surface area contributed by atoms with E-state index in [2.05, 4.69) is 0 Å². The highest BCUT2D eigenvalue weighted by Crippen LogP contribution is 2.45. The van der Waals surface area contributed by atoms with Crippen molar-refractivity contribution >= 4 is 6.98 Å². The number of halogens is 10. The second-order valence-electron chi connectivity index (χ2n) is 2.50.